The fourth-order valence-electron chi connectivity index (χ4n) is 2.26. The summed E-state index contributed by atoms with van der Waals surface area (Å²) in [6, 6.07) is 10.1. The Kier molecular flexibility index (Phi) is 4.49. The van der Waals surface area contributed by atoms with Crippen molar-refractivity contribution in [1.82, 2.24) is 14.8 Å². The van der Waals surface area contributed by atoms with Crippen molar-refractivity contribution in [3.63, 3.8) is 0 Å². The van der Waals surface area contributed by atoms with E-state index in [9.17, 15) is 4.79 Å². The van der Waals surface area contributed by atoms with E-state index in [0.29, 0.717) is 5.16 Å². The fourth-order valence-corrected chi connectivity index (χ4v) is 3.64. The number of hydrogen-bond donors (Lipinski definition) is 1. The van der Waals surface area contributed by atoms with Crippen molar-refractivity contribution in [3.8, 4) is 16.4 Å². The molecule has 0 bridgehead atoms. The Balaban J connectivity index is 2.16. The minimum atomic E-state index is -0.372. The molecule has 2 N–H and O–H groups in total. The first kappa shape index (κ1) is 15.8. The fraction of sp³-hybridized carbons (Fsp3) is 0.188. The van der Waals surface area contributed by atoms with Gasteiger partial charge >= 0.3 is 0 Å². The Morgan fingerprint density at radius 1 is 1.26 bits per heavy atom. The minimum Gasteiger partial charge on any atom is -0.369 e. The van der Waals surface area contributed by atoms with Crippen LogP contribution in [0.4, 0.5) is 0 Å². The lowest BCUT2D eigenvalue weighted by molar-refractivity contribution is -0.115. The quantitative estimate of drug-likeness (QED) is 0.721. The van der Waals surface area contributed by atoms with Gasteiger partial charge in [-0.05, 0) is 42.5 Å². The molecule has 3 aromatic rings. The minimum absolute atomic E-state index is 0.174. The van der Waals surface area contributed by atoms with E-state index >= 15 is 0 Å². The van der Waals surface area contributed by atoms with E-state index in [4.69, 9.17) is 5.73 Å². The molecule has 1 amide bonds. The zero-order valence-corrected chi connectivity index (χ0v) is 14.4. The number of carbonyl (C=O) groups is 1. The van der Waals surface area contributed by atoms with E-state index in [1.165, 1.54) is 17.3 Å². The number of carbonyl (C=O) groups excluding carboxylic acids is 1. The molecule has 0 atom stereocenters. The van der Waals surface area contributed by atoms with E-state index in [1.807, 2.05) is 34.2 Å². The van der Waals surface area contributed by atoms with Crippen molar-refractivity contribution in [2.24, 2.45) is 5.73 Å². The molecule has 5 nitrogen and oxygen atoms in total. The molecule has 0 aliphatic heterocycles. The van der Waals surface area contributed by atoms with E-state index in [0.717, 1.165) is 22.0 Å². The first-order chi connectivity index (χ1) is 11.1. The molecule has 118 valence electrons. The lowest BCUT2D eigenvalue weighted by Gasteiger charge is -2.13. The maximum absolute atomic E-state index is 11.1. The van der Waals surface area contributed by atoms with Crippen molar-refractivity contribution in [2.75, 3.05) is 5.75 Å². The number of nitrogens with two attached hydrogens (primary N) is 1. The van der Waals surface area contributed by atoms with Gasteiger partial charge in [-0.2, -0.15) is 0 Å². The Hall–Kier alpha value is -2.12. The molecule has 0 unspecified atom stereocenters. The van der Waals surface area contributed by atoms with Crippen LogP contribution in [-0.4, -0.2) is 26.4 Å². The molecule has 0 spiro atoms. The van der Waals surface area contributed by atoms with Gasteiger partial charge in [-0.3, -0.25) is 9.36 Å². The molecule has 1 aromatic carbocycles. The molecule has 2 heterocycles. The molecule has 0 radical (unpaired) electrons. The van der Waals surface area contributed by atoms with Gasteiger partial charge in [-0.1, -0.05) is 30.0 Å². The highest BCUT2D eigenvalue weighted by molar-refractivity contribution is 7.99. The topological polar surface area (TPSA) is 73.8 Å². The molecule has 2 aromatic heterocycles. The predicted molar refractivity (Wildman–Crippen MR) is 94.1 cm³/mol. The monoisotopic (exact) mass is 344 g/mol. The van der Waals surface area contributed by atoms with Crippen molar-refractivity contribution in [2.45, 2.75) is 19.0 Å². The van der Waals surface area contributed by atoms with Crippen LogP contribution in [0.2, 0.25) is 0 Å². The second kappa shape index (κ2) is 6.55. The third-order valence-corrected chi connectivity index (χ3v) is 5.35. The SMILES string of the molecule is Cc1cccc(-n2c(SCC(N)=O)nnc2-c2cccs2)c1C. The number of thioether (sulfide) groups is 1. The van der Waals surface area contributed by atoms with Gasteiger partial charge in [0, 0.05) is 0 Å². The van der Waals surface area contributed by atoms with E-state index in [2.05, 4.69) is 30.1 Å². The maximum Gasteiger partial charge on any atom is 0.227 e. The normalized spacial score (nSPS) is 10.9. The third-order valence-electron chi connectivity index (χ3n) is 3.54. The molecule has 3 rings (SSSR count). The highest BCUT2D eigenvalue weighted by Gasteiger charge is 2.19. The Bertz CT molecular complexity index is 840. The number of amides is 1. The van der Waals surface area contributed by atoms with Gasteiger partial charge in [0.2, 0.25) is 5.91 Å². The van der Waals surface area contributed by atoms with Crippen LogP contribution in [0.5, 0.6) is 0 Å². The molecule has 7 heteroatoms. The smallest absolute Gasteiger partial charge is 0.227 e. The molecule has 0 aliphatic rings. The zero-order valence-electron chi connectivity index (χ0n) is 12.8. The average Bonchev–Trinajstić information content (AvgIpc) is 3.16. The molecule has 0 saturated carbocycles. The van der Waals surface area contributed by atoms with Crippen LogP contribution < -0.4 is 5.73 Å². The lowest BCUT2D eigenvalue weighted by atomic mass is 10.1. The van der Waals surface area contributed by atoms with Gasteiger partial charge in [0.15, 0.2) is 11.0 Å². The largest absolute Gasteiger partial charge is 0.369 e. The van der Waals surface area contributed by atoms with Crippen LogP contribution in [0.15, 0.2) is 40.9 Å². The summed E-state index contributed by atoms with van der Waals surface area (Å²) in [5.74, 6) is 0.580. The number of benzene rings is 1. The van der Waals surface area contributed by atoms with Crippen LogP contribution in [0.25, 0.3) is 16.4 Å². The highest BCUT2D eigenvalue weighted by Crippen LogP contribution is 2.32. The number of thiophene rings is 1. The summed E-state index contributed by atoms with van der Waals surface area (Å²) in [7, 11) is 0. The number of rotatable bonds is 5. The van der Waals surface area contributed by atoms with Gasteiger partial charge in [0.05, 0.1) is 16.3 Å². The van der Waals surface area contributed by atoms with Crippen molar-refractivity contribution < 1.29 is 4.79 Å². The van der Waals surface area contributed by atoms with E-state index in [1.54, 1.807) is 11.3 Å². The van der Waals surface area contributed by atoms with Crippen molar-refractivity contribution in [3.05, 3.63) is 46.8 Å². The molecule has 0 aliphatic carbocycles. The van der Waals surface area contributed by atoms with Gasteiger partial charge in [-0.25, -0.2) is 0 Å². The predicted octanol–water partition coefficient (Wildman–Crippen LogP) is 3.19. The number of hydrogen-bond acceptors (Lipinski definition) is 5. The maximum atomic E-state index is 11.1. The standard InChI is InChI=1S/C16H16N4OS2/c1-10-5-3-6-12(11(10)2)20-15(13-7-4-8-22-13)18-19-16(20)23-9-14(17)21/h3-8H,9H2,1-2H3,(H2,17,21). The number of primary amides is 1. The van der Waals surface area contributed by atoms with Crippen LogP contribution >= 0.6 is 23.1 Å². The molecule has 0 saturated heterocycles. The summed E-state index contributed by atoms with van der Waals surface area (Å²) in [6.45, 7) is 4.15. The summed E-state index contributed by atoms with van der Waals surface area (Å²) in [5.41, 5.74) is 8.64. The van der Waals surface area contributed by atoms with Gasteiger partial charge < -0.3 is 5.73 Å². The number of nitrogens with zero attached hydrogens (tertiary/aromatic N) is 3. The molecular formula is C16H16N4OS2. The van der Waals surface area contributed by atoms with Gasteiger partial charge in [0.1, 0.15) is 0 Å². The third kappa shape index (κ3) is 3.16. The molecule has 23 heavy (non-hydrogen) atoms. The first-order valence-electron chi connectivity index (χ1n) is 7.05. The molecular weight excluding hydrogens is 328 g/mol. The van der Waals surface area contributed by atoms with Crippen molar-refractivity contribution in [1.29, 1.82) is 0 Å². The Morgan fingerprint density at radius 2 is 2.09 bits per heavy atom. The second-order valence-corrected chi connectivity index (χ2v) is 6.98. The van der Waals surface area contributed by atoms with E-state index < -0.39 is 0 Å². The number of aryl methyl sites for hydroxylation is 1. The summed E-state index contributed by atoms with van der Waals surface area (Å²) >= 11 is 2.91. The summed E-state index contributed by atoms with van der Waals surface area (Å²) in [5, 5.41) is 11.3. The summed E-state index contributed by atoms with van der Waals surface area (Å²) < 4.78 is 2.00. The van der Waals surface area contributed by atoms with Crippen LogP contribution in [0.3, 0.4) is 0 Å². The highest BCUT2D eigenvalue weighted by atomic mass is 32.2. The van der Waals surface area contributed by atoms with Crippen LogP contribution in [-0.2, 0) is 4.79 Å². The van der Waals surface area contributed by atoms with Gasteiger partial charge in [-0.15, -0.1) is 21.5 Å². The second-order valence-electron chi connectivity index (χ2n) is 5.09. The Labute approximate surface area is 142 Å². The van der Waals surface area contributed by atoms with Crippen LogP contribution in [0, 0.1) is 13.8 Å². The first-order valence-corrected chi connectivity index (χ1v) is 8.91. The lowest BCUT2D eigenvalue weighted by Crippen LogP contribution is -2.14. The molecule has 0 fully saturated rings. The van der Waals surface area contributed by atoms with Crippen LogP contribution in [0.1, 0.15) is 11.1 Å². The van der Waals surface area contributed by atoms with Gasteiger partial charge in [0.25, 0.3) is 0 Å². The summed E-state index contributed by atoms with van der Waals surface area (Å²) in [4.78, 5) is 12.2. The van der Waals surface area contributed by atoms with Crippen molar-refractivity contribution >= 4 is 29.0 Å². The zero-order chi connectivity index (χ0) is 16.4. The number of aromatic nitrogens is 3. The van der Waals surface area contributed by atoms with E-state index in [-0.39, 0.29) is 11.7 Å². The average molecular weight is 344 g/mol. The summed E-state index contributed by atoms with van der Waals surface area (Å²) in [6.07, 6.45) is 0. The Morgan fingerprint density at radius 3 is 2.78 bits per heavy atom.